The number of hydrogen-bond donors (Lipinski definition) is 0. The molecule has 0 fully saturated rings. The van der Waals surface area contributed by atoms with Gasteiger partial charge in [-0.25, -0.2) is 0 Å². The molecule has 4 aromatic rings. The van der Waals surface area contributed by atoms with Gasteiger partial charge in [0.15, 0.2) is 12.2 Å². The maximum atomic E-state index is 9.75. The molecule has 0 N–H and O–H groups in total. The third kappa shape index (κ3) is 5.64. The average Bonchev–Trinajstić information content (AvgIpc) is 2.84. The molecular weight excluding hydrogens is 449 g/mol. The van der Waals surface area contributed by atoms with Crippen LogP contribution in [0.25, 0.3) is 22.4 Å². The first kappa shape index (κ1) is 24.7. The maximum absolute atomic E-state index is 9.75. The summed E-state index contributed by atoms with van der Waals surface area (Å²) in [6, 6.07) is 30.8. The Bertz CT molecular complexity index is 1300. The second kappa shape index (κ2) is 10.5. The van der Waals surface area contributed by atoms with E-state index in [0.717, 1.165) is 25.8 Å². The van der Waals surface area contributed by atoms with Crippen molar-refractivity contribution in [3.8, 4) is 22.4 Å². The lowest BCUT2D eigenvalue weighted by molar-refractivity contribution is -0.685. The molecule has 6 heteroatoms. The van der Waals surface area contributed by atoms with Gasteiger partial charge >= 0.3 is 7.25 Å². The molecule has 1 aromatic heterocycles. The molecule has 0 amide bonds. The van der Waals surface area contributed by atoms with Gasteiger partial charge in [-0.15, -0.1) is 0 Å². The number of benzene rings is 3. The topological polar surface area (TPSA) is 3.88 Å². The third-order valence-corrected chi connectivity index (χ3v) is 6.49. The van der Waals surface area contributed by atoms with Crippen molar-refractivity contribution in [1.82, 2.24) is 0 Å². The summed E-state index contributed by atoms with van der Waals surface area (Å²) < 4.78 is 41.6. The summed E-state index contributed by atoms with van der Waals surface area (Å²) in [4.78, 5) is 0. The zero-order valence-corrected chi connectivity index (χ0v) is 19.9. The minimum atomic E-state index is -6.00. The molecule has 5 rings (SSSR count). The minimum absolute atomic E-state index is 0.913. The Morgan fingerprint density at radius 1 is 0.771 bits per heavy atom. The molecule has 0 unspecified atom stereocenters. The van der Waals surface area contributed by atoms with Gasteiger partial charge in [-0.2, -0.15) is 4.57 Å². The standard InChI is InChI=1S/C29H28N.BF4/c1-3-27-21(2)28(24-15-8-5-9-16-24)26-19-18-23-14-10-11-17-25(23)29(26)30(27)20-22-12-6-4-7-13-22;2-1(3,4)5/h4-17H,3,18-20H2,1-2H3;/q+1;-1. The number of aryl methyl sites for hydroxylation is 1. The highest BCUT2D eigenvalue weighted by Gasteiger charge is 2.33. The van der Waals surface area contributed by atoms with Gasteiger partial charge in [0.25, 0.3) is 0 Å². The first-order valence-electron chi connectivity index (χ1n) is 11.9. The monoisotopic (exact) mass is 477 g/mol. The summed E-state index contributed by atoms with van der Waals surface area (Å²) in [5, 5.41) is 0. The van der Waals surface area contributed by atoms with Crippen molar-refractivity contribution in [3.05, 3.63) is 113 Å². The van der Waals surface area contributed by atoms with Crippen molar-refractivity contribution in [2.75, 3.05) is 0 Å². The molecule has 0 saturated heterocycles. The highest BCUT2D eigenvalue weighted by molar-refractivity contribution is 6.50. The van der Waals surface area contributed by atoms with Gasteiger partial charge in [-0.05, 0) is 37.0 Å². The SMILES string of the molecule is CCc1c(C)c(-c2ccccc2)c2c([n+]1Cc1ccccc1)-c1ccccc1CC2.F[B-](F)(F)F. The van der Waals surface area contributed by atoms with Crippen LogP contribution in [-0.4, -0.2) is 7.25 Å². The number of nitrogens with zero attached hydrogens (tertiary/aromatic N) is 1. The van der Waals surface area contributed by atoms with Crippen molar-refractivity contribution in [2.24, 2.45) is 0 Å². The number of pyridine rings is 1. The van der Waals surface area contributed by atoms with E-state index < -0.39 is 7.25 Å². The summed E-state index contributed by atoms with van der Waals surface area (Å²) in [6.45, 7) is 5.53. The zero-order chi connectivity index (χ0) is 25.0. The van der Waals surface area contributed by atoms with Crippen LogP contribution in [0.3, 0.4) is 0 Å². The van der Waals surface area contributed by atoms with E-state index in [9.17, 15) is 17.3 Å². The van der Waals surface area contributed by atoms with E-state index in [1.807, 2.05) is 0 Å². The molecule has 1 heterocycles. The van der Waals surface area contributed by atoms with E-state index in [4.69, 9.17) is 0 Å². The van der Waals surface area contributed by atoms with Crippen molar-refractivity contribution in [2.45, 2.75) is 39.7 Å². The Labute approximate surface area is 204 Å². The number of hydrogen-bond acceptors (Lipinski definition) is 0. The molecule has 3 aromatic carbocycles. The molecule has 0 saturated carbocycles. The van der Waals surface area contributed by atoms with E-state index in [2.05, 4.69) is 103 Å². The van der Waals surface area contributed by atoms with Crippen LogP contribution in [0.5, 0.6) is 0 Å². The Hall–Kier alpha value is -3.41. The fraction of sp³-hybridized carbons (Fsp3) is 0.207. The number of rotatable bonds is 4. The van der Waals surface area contributed by atoms with Crippen LogP contribution in [-0.2, 0) is 25.8 Å². The molecule has 0 bridgehead atoms. The Morgan fingerprint density at radius 3 is 1.97 bits per heavy atom. The molecule has 35 heavy (non-hydrogen) atoms. The van der Waals surface area contributed by atoms with Crippen LogP contribution in [0.15, 0.2) is 84.9 Å². The van der Waals surface area contributed by atoms with Crippen LogP contribution in [0, 0.1) is 6.92 Å². The molecule has 0 radical (unpaired) electrons. The van der Waals surface area contributed by atoms with Gasteiger partial charge < -0.3 is 17.3 Å². The van der Waals surface area contributed by atoms with E-state index in [1.54, 1.807) is 0 Å². The van der Waals surface area contributed by atoms with Crippen molar-refractivity contribution in [3.63, 3.8) is 0 Å². The van der Waals surface area contributed by atoms with E-state index >= 15 is 0 Å². The zero-order valence-electron chi connectivity index (χ0n) is 19.9. The largest absolute Gasteiger partial charge is 0.673 e. The summed E-state index contributed by atoms with van der Waals surface area (Å²) in [5.41, 5.74) is 12.8. The van der Waals surface area contributed by atoms with Crippen molar-refractivity contribution < 1.29 is 21.8 Å². The Balaban J connectivity index is 0.000000527. The fourth-order valence-corrected chi connectivity index (χ4v) is 5.16. The second-order valence-corrected chi connectivity index (χ2v) is 8.72. The van der Waals surface area contributed by atoms with Crippen molar-refractivity contribution in [1.29, 1.82) is 0 Å². The molecule has 0 atom stereocenters. The van der Waals surface area contributed by atoms with E-state index in [1.165, 1.54) is 50.3 Å². The Kier molecular flexibility index (Phi) is 7.39. The number of fused-ring (bicyclic) bond motifs is 3. The van der Waals surface area contributed by atoms with Gasteiger partial charge in [0.2, 0.25) is 5.69 Å². The first-order chi connectivity index (χ1) is 16.8. The first-order valence-corrected chi connectivity index (χ1v) is 11.9. The average molecular weight is 477 g/mol. The van der Waals surface area contributed by atoms with E-state index in [-0.39, 0.29) is 0 Å². The van der Waals surface area contributed by atoms with E-state index in [0.29, 0.717) is 0 Å². The van der Waals surface area contributed by atoms with Gasteiger partial charge in [-0.1, -0.05) is 85.8 Å². The predicted octanol–water partition coefficient (Wildman–Crippen LogP) is 7.63. The minimum Gasteiger partial charge on any atom is -0.418 e. The van der Waals surface area contributed by atoms with Crippen LogP contribution in [0.1, 0.15) is 34.9 Å². The maximum Gasteiger partial charge on any atom is 0.673 e. The Morgan fingerprint density at radius 2 is 1.34 bits per heavy atom. The lowest BCUT2D eigenvalue weighted by Crippen LogP contribution is -2.44. The lowest BCUT2D eigenvalue weighted by atomic mass is 9.82. The summed E-state index contributed by atoms with van der Waals surface area (Å²) >= 11 is 0. The molecule has 180 valence electrons. The summed E-state index contributed by atoms with van der Waals surface area (Å²) in [5.74, 6) is 0. The fourth-order valence-electron chi connectivity index (χ4n) is 5.16. The van der Waals surface area contributed by atoms with Gasteiger partial charge in [-0.3, -0.25) is 0 Å². The van der Waals surface area contributed by atoms with Crippen LogP contribution < -0.4 is 4.57 Å². The van der Waals surface area contributed by atoms with Crippen molar-refractivity contribution >= 4 is 7.25 Å². The van der Waals surface area contributed by atoms with Crippen LogP contribution in [0.2, 0.25) is 0 Å². The molecule has 1 nitrogen and oxygen atoms in total. The third-order valence-electron chi connectivity index (χ3n) is 6.49. The van der Waals surface area contributed by atoms with Gasteiger partial charge in [0.05, 0.1) is 0 Å². The second-order valence-electron chi connectivity index (χ2n) is 8.72. The molecule has 1 aliphatic rings. The number of aromatic nitrogens is 1. The predicted molar refractivity (Wildman–Crippen MR) is 135 cm³/mol. The lowest BCUT2D eigenvalue weighted by Gasteiger charge is -2.24. The highest BCUT2D eigenvalue weighted by atomic mass is 19.5. The van der Waals surface area contributed by atoms with Crippen LogP contribution in [0.4, 0.5) is 17.3 Å². The summed E-state index contributed by atoms with van der Waals surface area (Å²) in [7, 11) is -6.00. The molecule has 0 spiro atoms. The molecule has 0 aliphatic heterocycles. The number of halogens is 4. The normalized spacial score (nSPS) is 12.3. The van der Waals surface area contributed by atoms with Gasteiger partial charge in [0, 0.05) is 34.2 Å². The highest BCUT2D eigenvalue weighted by Crippen LogP contribution is 2.39. The molecule has 1 aliphatic carbocycles. The van der Waals surface area contributed by atoms with Gasteiger partial charge in [0.1, 0.15) is 0 Å². The summed E-state index contributed by atoms with van der Waals surface area (Å²) in [6.07, 6.45) is 3.23. The van der Waals surface area contributed by atoms with Crippen LogP contribution >= 0.6 is 0 Å². The smallest absolute Gasteiger partial charge is 0.418 e. The quantitative estimate of drug-likeness (QED) is 0.162. The molecular formula is C29H28BF4N.